The van der Waals surface area contributed by atoms with Crippen molar-refractivity contribution in [2.45, 2.75) is 58.4 Å². The molecule has 25 heavy (non-hydrogen) atoms. The van der Waals surface area contributed by atoms with Crippen LogP contribution in [0.2, 0.25) is 0 Å². The molecule has 0 N–H and O–H groups in total. The number of carbonyl (C=O) groups is 2. The average Bonchev–Trinajstić information content (AvgIpc) is 2.80. The second kappa shape index (κ2) is 8.43. The fourth-order valence-electron chi connectivity index (χ4n) is 3.52. The third-order valence-corrected chi connectivity index (χ3v) is 4.96. The Morgan fingerprint density at radius 1 is 1.24 bits per heavy atom. The first-order valence-electron chi connectivity index (χ1n) is 8.84. The Hall–Kier alpha value is -1.95. The topological polar surface area (TPSA) is 49.9 Å². The summed E-state index contributed by atoms with van der Waals surface area (Å²) in [7, 11) is 0. The highest BCUT2D eigenvalue weighted by Gasteiger charge is 2.58. The summed E-state index contributed by atoms with van der Waals surface area (Å²) < 4.78 is 5.07. The Morgan fingerprint density at radius 3 is 2.48 bits per heavy atom. The van der Waals surface area contributed by atoms with E-state index >= 15 is 0 Å². The summed E-state index contributed by atoms with van der Waals surface area (Å²) in [5.41, 5.74) is 0.0299. The lowest BCUT2D eigenvalue weighted by Gasteiger charge is -2.39. The fraction of sp³-hybridized carbons (Fsp3) is 0.526. The van der Waals surface area contributed by atoms with Gasteiger partial charge >= 0.3 is 6.09 Å². The van der Waals surface area contributed by atoms with Crippen molar-refractivity contribution >= 4 is 29.3 Å². The monoisotopic (exact) mass is 362 g/mol. The van der Waals surface area contributed by atoms with E-state index in [4.69, 9.17) is 17.0 Å². The van der Waals surface area contributed by atoms with Crippen molar-refractivity contribution in [2.75, 3.05) is 6.61 Å². The molecule has 1 aliphatic heterocycles. The molecule has 2 amide bonds. The van der Waals surface area contributed by atoms with E-state index in [0.717, 1.165) is 29.9 Å². The molecule has 0 aromatic rings. The first kappa shape index (κ1) is 19.4. The maximum Gasteiger partial charge on any atom is 0.423 e. The standard InChI is InChI=1S/C19H26N2O3S/c1-4-7-12-15(11-5-2)21-17(25)20(18(23)24-6-3)16(22)19(21)13-9-8-10-14-19/h4-5,7,11-12H,6,8-10,13-14H2,1-3H3/b7-4-,11-5-,15-12+. The van der Waals surface area contributed by atoms with Gasteiger partial charge in [-0.2, -0.15) is 4.90 Å². The lowest BCUT2D eigenvalue weighted by molar-refractivity contribution is -0.133. The van der Waals surface area contributed by atoms with E-state index < -0.39 is 11.6 Å². The predicted molar refractivity (Wildman–Crippen MR) is 102 cm³/mol. The maximum atomic E-state index is 13.2. The number of allylic oxidation sites excluding steroid dienone is 5. The molecule has 1 aliphatic carbocycles. The lowest BCUT2D eigenvalue weighted by Crippen LogP contribution is -2.50. The van der Waals surface area contributed by atoms with Gasteiger partial charge in [-0.1, -0.05) is 37.5 Å². The van der Waals surface area contributed by atoms with E-state index in [0.29, 0.717) is 12.8 Å². The Bertz CT molecular complexity index is 631. The molecule has 6 heteroatoms. The van der Waals surface area contributed by atoms with E-state index in [1.165, 1.54) is 0 Å². The van der Waals surface area contributed by atoms with E-state index in [-0.39, 0.29) is 17.6 Å². The van der Waals surface area contributed by atoms with Crippen LogP contribution in [0.5, 0.6) is 0 Å². The Kier molecular flexibility index (Phi) is 6.53. The second-order valence-corrected chi connectivity index (χ2v) is 6.53. The number of hydrogen-bond acceptors (Lipinski definition) is 4. The summed E-state index contributed by atoms with van der Waals surface area (Å²) in [6.07, 6.45) is 13.2. The summed E-state index contributed by atoms with van der Waals surface area (Å²) in [5.74, 6) is -0.258. The Morgan fingerprint density at radius 2 is 1.92 bits per heavy atom. The summed E-state index contributed by atoms with van der Waals surface area (Å²) in [6.45, 7) is 5.76. The van der Waals surface area contributed by atoms with Crippen molar-refractivity contribution in [2.24, 2.45) is 0 Å². The molecule has 1 heterocycles. The number of rotatable bonds is 4. The van der Waals surface area contributed by atoms with Gasteiger partial charge in [0.2, 0.25) is 0 Å². The van der Waals surface area contributed by atoms with Crippen LogP contribution in [0.3, 0.4) is 0 Å². The number of ether oxygens (including phenoxy) is 1. The third-order valence-electron chi connectivity index (χ3n) is 4.60. The van der Waals surface area contributed by atoms with Crippen LogP contribution in [0.15, 0.2) is 36.1 Å². The molecule has 0 aromatic carbocycles. The molecule has 0 unspecified atom stereocenters. The molecule has 2 rings (SSSR count). The van der Waals surface area contributed by atoms with E-state index in [2.05, 4.69) is 0 Å². The Labute approximate surface area is 155 Å². The molecular weight excluding hydrogens is 336 g/mol. The van der Waals surface area contributed by atoms with Gasteiger partial charge in [-0.15, -0.1) is 0 Å². The quantitative estimate of drug-likeness (QED) is 0.551. The first-order valence-corrected chi connectivity index (χ1v) is 9.25. The van der Waals surface area contributed by atoms with Crippen molar-refractivity contribution in [1.29, 1.82) is 0 Å². The van der Waals surface area contributed by atoms with Crippen molar-refractivity contribution in [3.63, 3.8) is 0 Å². The van der Waals surface area contributed by atoms with E-state index in [9.17, 15) is 9.59 Å². The fourth-order valence-corrected chi connectivity index (χ4v) is 3.96. The first-order chi connectivity index (χ1) is 12.0. The van der Waals surface area contributed by atoms with Crippen LogP contribution in [0, 0.1) is 0 Å². The van der Waals surface area contributed by atoms with Crippen LogP contribution in [-0.4, -0.2) is 39.1 Å². The van der Waals surface area contributed by atoms with Gasteiger partial charge in [-0.25, -0.2) is 4.79 Å². The van der Waals surface area contributed by atoms with Crippen molar-refractivity contribution in [3.05, 3.63) is 36.1 Å². The molecule has 136 valence electrons. The minimum Gasteiger partial charge on any atom is -0.449 e. The van der Waals surface area contributed by atoms with Crippen molar-refractivity contribution < 1.29 is 14.3 Å². The highest BCUT2D eigenvalue weighted by atomic mass is 32.1. The second-order valence-electron chi connectivity index (χ2n) is 6.17. The predicted octanol–water partition coefficient (Wildman–Crippen LogP) is 4.31. The zero-order valence-electron chi connectivity index (χ0n) is 15.2. The average molecular weight is 362 g/mol. The number of nitrogens with zero attached hydrogens (tertiary/aromatic N) is 2. The molecule has 0 radical (unpaired) electrons. The Balaban J connectivity index is 2.54. The van der Waals surface area contributed by atoms with Gasteiger partial charge in [0.1, 0.15) is 5.54 Å². The van der Waals surface area contributed by atoms with Crippen LogP contribution in [0.25, 0.3) is 0 Å². The normalized spacial score (nSPS) is 21.2. The third kappa shape index (κ3) is 3.54. The molecule has 0 atom stereocenters. The molecule has 0 aromatic heterocycles. The van der Waals surface area contributed by atoms with Gasteiger partial charge in [0, 0.05) is 5.70 Å². The van der Waals surface area contributed by atoms with Crippen LogP contribution < -0.4 is 0 Å². The zero-order chi connectivity index (χ0) is 18.4. The highest BCUT2D eigenvalue weighted by molar-refractivity contribution is 7.80. The van der Waals surface area contributed by atoms with E-state index in [1.807, 2.05) is 49.1 Å². The number of imide groups is 1. The maximum absolute atomic E-state index is 13.2. The number of amides is 2. The number of hydrogen-bond donors (Lipinski definition) is 0. The molecule has 1 saturated carbocycles. The zero-order valence-corrected chi connectivity index (χ0v) is 16.0. The molecule has 5 nitrogen and oxygen atoms in total. The van der Waals surface area contributed by atoms with Gasteiger partial charge in [-0.05, 0) is 58.0 Å². The van der Waals surface area contributed by atoms with Crippen molar-refractivity contribution in [3.8, 4) is 0 Å². The summed E-state index contributed by atoms with van der Waals surface area (Å²) >= 11 is 5.56. The minimum absolute atomic E-state index is 0.203. The van der Waals surface area contributed by atoms with Crippen LogP contribution in [-0.2, 0) is 9.53 Å². The van der Waals surface area contributed by atoms with Gasteiger partial charge in [0.15, 0.2) is 5.11 Å². The van der Waals surface area contributed by atoms with Gasteiger partial charge in [-0.3, -0.25) is 4.79 Å². The molecule has 2 aliphatic rings. The minimum atomic E-state index is -0.783. The summed E-state index contributed by atoms with van der Waals surface area (Å²) in [6, 6.07) is 0. The SMILES string of the molecule is C\C=C/C=C(\C=C/C)N1C(=S)N(C(=O)OCC)C(=O)C12CCCCC2. The van der Waals surface area contributed by atoms with Gasteiger partial charge < -0.3 is 9.64 Å². The summed E-state index contributed by atoms with van der Waals surface area (Å²) in [4.78, 5) is 28.5. The molecule has 0 bridgehead atoms. The number of thiocarbonyl (C=S) groups is 1. The largest absolute Gasteiger partial charge is 0.449 e. The molecular formula is C19H26N2O3S. The smallest absolute Gasteiger partial charge is 0.423 e. The summed E-state index contributed by atoms with van der Waals surface area (Å²) in [5, 5.41) is 0.208. The number of carbonyl (C=O) groups excluding carboxylic acids is 2. The van der Waals surface area contributed by atoms with E-state index in [1.54, 1.807) is 6.92 Å². The van der Waals surface area contributed by atoms with Crippen LogP contribution in [0.1, 0.15) is 52.9 Å². The molecule has 1 saturated heterocycles. The van der Waals surface area contributed by atoms with Gasteiger partial charge in [0.05, 0.1) is 6.61 Å². The molecule has 2 fully saturated rings. The highest BCUT2D eigenvalue weighted by Crippen LogP contribution is 2.43. The van der Waals surface area contributed by atoms with Crippen LogP contribution in [0.4, 0.5) is 4.79 Å². The van der Waals surface area contributed by atoms with Gasteiger partial charge in [0.25, 0.3) is 5.91 Å². The lowest BCUT2D eigenvalue weighted by atomic mass is 9.80. The molecule has 1 spiro atoms. The van der Waals surface area contributed by atoms with Crippen molar-refractivity contribution in [1.82, 2.24) is 9.80 Å². The van der Waals surface area contributed by atoms with Crippen LogP contribution >= 0.6 is 12.2 Å².